The summed E-state index contributed by atoms with van der Waals surface area (Å²) in [6.07, 6.45) is 0.398. The Hall–Kier alpha value is -1.42. The number of carboxylic acid groups (broad SMARTS) is 1. The molecular weight excluding hydrogens is 230 g/mol. The fourth-order valence-corrected chi connectivity index (χ4v) is 2.37. The van der Waals surface area contributed by atoms with Gasteiger partial charge in [-0.15, -0.1) is 0 Å². The number of ether oxygens (including phenoxy) is 1. The van der Waals surface area contributed by atoms with Crippen LogP contribution >= 0.6 is 11.6 Å². The van der Waals surface area contributed by atoms with E-state index in [4.69, 9.17) is 21.4 Å². The van der Waals surface area contributed by atoms with Crippen LogP contribution in [0.25, 0.3) is 0 Å². The van der Waals surface area contributed by atoms with E-state index in [0.29, 0.717) is 17.2 Å². The molecule has 2 rings (SSSR count). The average Bonchev–Trinajstić information content (AvgIpc) is 2.63. The van der Waals surface area contributed by atoms with E-state index in [1.807, 2.05) is 6.92 Å². The lowest BCUT2D eigenvalue weighted by Gasteiger charge is -2.11. The lowest BCUT2D eigenvalue weighted by molar-refractivity contribution is -0.137. The highest BCUT2D eigenvalue weighted by Gasteiger charge is 2.31. The molecule has 0 amide bonds. The predicted molar refractivity (Wildman–Crippen MR) is 61.5 cm³/mol. The van der Waals surface area contributed by atoms with E-state index in [-0.39, 0.29) is 0 Å². The molecule has 1 aromatic rings. The summed E-state index contributed by atoms with van der Waals surface area (Å²) < 4.78 is 5.21. The van der Waals surface area contributed by atoms with Crippen molar-refractivity contribution in [3.63, 3.8) is 0 Å². The van der Waals surface area contributed by atoms with Crippen LogP contribution in [0.15, 0.2) is 6.07 Å². The van der Waals surface area contributed by atoms with Gasteiger partial charge >= 0.3 is 5.97 Å². The van der Waals surface area contributed by atoms with Crippen LogP contribution in [0.1, 0.15) is 11.1 Å². The molecule has 1 aliphatic heterocycles. The number of rotatable bonds is 2. The first-order valence-electron chi connectivity index (χ1n) is 4.90. The number of carboxylic acids is 1. The molecule has 1 aromatic carbocycles. The Kier molecular flexibility index (Phi) is 2.68. The highest BCUT2D eigenvalue weighted by Crippen LogP contribution is 2.41. The van der Waals surface area contributed by atoms with Crippen LogP contribution in [-0.4, -0.2) is 24.2 Å². The van der Waals surface area contributed by atoms with Gasteiger partial charge in [-0.25, -0.2) is 4.79 Å². The van der Waals surface area contributed by atoms with Gasteiger partial charge in [0, 0.05) is 17.7 Å². The molecule has 86 valence electrons. The SMILES string of the molecule is COc1c(Cl)cc(C)c2c1CC(C(=O)O)N2. The molecule has 16 heavy (non-hydrogen) atoms. The van der Waals surface area contributed by atoms with Crippen molar-refractivity contribution in [3.8, 4) is 5.75 Å². The summed E-state index contributed by atoms with van der Waals surface area (Å²) >= 11 is 6.04. The van der Waals surface area contributed by atoms with Gasteiger partial charge in [-0.3, -0.25) is 0 Å². The highest BCUT2D eigenvalue weighted by molar-refractivity contribution is 6.32. The Bertz CT molecular complexity index is 459. The van der Waals surface area contributed by atoms with Crippen LogP contribution in [0, 0.1) is 6.92 Å². The van der Waals surface area contributed by atoms with Gasteiger partial charge in [0.05, 0.1) is 12.1 Å². The minimum Gasteiger partial charge on any atom is -0.495 e. The van der Waals surface area contributed by atoms with Gasteiger partial charge in [-0.2, -0.15) is 0 Å². The van der Waals surface area contributed by atoms with Crippen LogP contribution in [0.2, 0.25) is 5.02 Å². The van der Waals surface area contributed by atoms with E-state index in [1.54, 1.807) is 6.07 Å². The van der Waals surface area contributed by atoms with Crippen LogP contribution in [0.5, 0.6) is 5.75 Å². The van der Waals surface area contributed by atoms with Crippen molar-refractivity contribution in [2.75, 3.05) is 12.4 Å². The van der Waals surface area contributed by atoms with Crippen LogP contribution in [0.4, 0.5) is 5.69 Å². The van der Waals surface area contributed by atoms with Gasteiger partial charge in [0.15, 0.2) is 0 Å². The molecule has 1 heterocycles. The predicted octanol–water partition coefficient (Wildman–Crippen LogP) is 2.08. The number of nitrogens with one attached hydrogen (secondary N) is 1. The lowest BCUT2D eigenvalue weighted by Crippen LogP contribution is -2.26. The molecular formula is C11H12ClNO3. The minimum absolute atomic E-state index is 0.398. The van der Waals surface area contributed by atoms with Gasteiger partial charge in [0.1, 0.15) is 11.8 Å². The van der Waals surface area contributed by atoms with Gasteiger partial charge in [-0.1, -0.05) is 11.6 Å². The third-order valence-corrected chi connectivity index (χ3v) is 3.04. The molecule has 0 radical (unpaired) electrons. The number of aryl methyl sites for hydroxylation is 1. The van der Waals surface area contributed by atoms with E-state index in [0.717, 1.165) is 16.8 Å². The van der Waals surface area contributed by atoms with Crippen molar-refractivity contribution < 1.29 is 14.6 Å². The van der Waals surface area contributed by atoms with Crippen molar-refractivity contribution in [2.24, 2.45) is 0 Å². The number of anilines is 1. The normalized spacial score (nSPS) is 17.8. The highest BCUT2D eigenvalue weighted by atomic mass is 35.5. The van der Waals surface area contributed by atoms with Gasteiger partial charge in [-0.05, 0) is 18.6 Å². The number of methoxy groups -OCH3 is 1. The maximum absolute atomic E-state index is 10.9. The Balaban J connectivity index is 2.51. The molecule has 0 saturated heterocycles. The maximum Gasteiger partial charge on any atom is 0.326 e. The number of fused-ring (bicyclic) bond motifs is 1. The summed E-state index contributed by atoms with van der Waals surface area (Å²) in [6.45, 7) is 1.89. The summed E-state index contributed by atoms with van der Waals surface area (Å²) in [4.78, 5) is 10.9. The molecule has 4 nitrogen and oxygen atoms in total. The zero-order chi connectivity index (χ0) is 11.9. The van der Waals surface area contributed by atoms with E-state index >= 15 is 0 Å². The number of aliphatic carboxylic acids is 1. The van der Waals surface area contributed by atoms with Crippen molar-refractivity contribution in [1.82, 2.24) is 0 Å². The number of hydrogen-bond donors (Lipinski definition) is 2. The molecule has 1 atom stereocenters. The van der Waals surface area contributed by atoms with E-state index < -0.39 is 12.0 Å². The maximum atomic E-state index is 10.9. The van der Waals surface area contributed by atoms with Gasteiger partial charge < -0.3 is 15.2 Å². The van der Waals surface area contributed by atoms with E-state index in [1.165, 1.54) is 7.11 Å². The Morgan fingerprint density at radius 1 is 1.69 bits per heavy atom. The standard InChI is InChI=1S/C11H12ClNO3/c1-5-3-7(12)10(16-2)6-4-8(11(14)15)13-9(5)6/h3,8,13H,4H2,1-2H3,(H,14,15). The molecule has 2 N–H and O–H groups in total. The first-order chi connectivity index (χ1) is 7.54. The quantitative estimate of drug-likeness (QED) is 0.832. The van der Waals surface area contributed by atoms with Crippen LogP contribution in [-0.2, 0) is 11.2 Å². The fraction of sp³-hybridized carbons (Fsp3) is 0.364. The average molecular weight is 242 g/mol. The molecule has 0 saturated carbocycles. The number of halogens is 1. The van der Waals surface area contributed by atoms with E-state index in [2.05, 4.69) is 5.32 Å². The topological polar surface area (TPSA) is 58.6 Å². The largest absolute Gasteiger partial charge is 0.495 e. The molecule has 5 heteroatoms. The summed E-state index contributed by atoms with van der Waals surface area (Å²) in [6, 6.07) is 1.18. The van der Waals surface area contributed by atoms with Crippen molar-refractivity contribution in [3.05, 3.63) is 22.2 Å². The zero-order valence-electron chi connectivity index (χ0n) is 9.00. The van der Waals surface area contributed by atoms with Gasteiger partial charge in [0.2, 0.25) is 0 Å². The fourth-order valence-electron chi connectivity index (χ4n) is 2.02. The Morgan fingerprint density at radius 2 is 2.38 bits per heavy atom. The summed E-state index contributed by atoms with van der Waals surface area (Å²) in [5, 5.41) is 12.5. The second kappa shape index (κ2) is 3.87. The first kappa shape index (κ1) is 11.1. The van der Waals surface area contributed by atoms with Crippen molar-refractivity contribution in [2.45, 2.75) is 19.4 Å². The lowest BCUT2D eigenvalue weighted by atomic mass is 10.1. The molecule has 0 aromatic heterocycles. The van der Waals surface area contributed by atoms with Crippen molar-refractivity contribution in [1.29, 1.82) is 0 Å². The minimum atomic E-state index is -0.867. The number of hydrogen-bond acceptors (Lipinski definition) is 3. The summed E-state index contributed by atoms with van der Waals surface area (Å²) in [7, 11) is 1.53. The monoisotopic (exact) mass is 241 g/mol. The van der Waals surface area contributed by atoms with Gasteiger partial charge in [0.25, 0.3) is 0 Å². The Labute approximate surface area is 98.2 Å². The second-order valence-corrected chi connectivity index (χ2v) is 4.21. The molecule has 0 bridgehead atoms. The van der Waals surface area contributed by atoms with Crippen LogP contribution < -0.4 is 10.1 Å². The summed E-state index contributed by atoms with van der Waals surface area (Å²) in [5.74, 6) is -0.299. The molecule has 0 spiro atoms. The third kappa shape index (κ3) is 1.59. The molecule has 0 aliphatic carbocycles. The second-order valence-electron chi connectivity index (χ2n) is 3.80. The Morgan fingerprint density at radius 3 is 2.94 bits per heavy atom. The van der Waals surface area contributed by atoms with Crippen LogP contribution in [0.3, 0.4) is 0 Å². The first-order valence-corrected chi connectivity index (χ1v) is 5.27. The smallest absolute Gasteiger partial charge is 0.326 e. The van der Waals surface area contributed by atoms with E-state index in [9.17, 15) is 4.79 Å². The third-order valence-electron chi connectivity index (χ3n) is 2.76. The molecule has 1 aliphatic rings. The summed E-state index contributed by atoms with van der Waals surface area (Å²) in [5.41, 5.74) is 2.61. The number of carbonyl (C=O) groups is 1. The molecule has 1 unspecified atom stereocenters. The number of benzene rings is 1. The zero-order valence-corrected chi connectivity index (χ0v) is 9.76. The van der Waals surface area contributed by atoms with Crippen molar-refractivity contribution >= 4 is 23.3 Å². The molecule has 0 fully saturated rings.